The second kappa shape index (κ2) is 6.30. The number of carbonyl (C=O) groups excluding carboxylic acids is 1. The number of ether oxygens (including phenoxy) is 1. The van der Waals surface area contributed by atoms with E-state index in [0.29, 0.717) is 5.56 Å². The Morgan fingerprint density at radius 1 is 1.43 bits per heavy atom. The SMILES string of the molecule is CN(c1ncccc1CNC(=O)OC(C)(C)C)S(C)(=O)=O. The van der Waals surface area contributed by atoms with Gasteiger partial charge in [0.2, 0.25) is 10.0 Å². The summed E-state index contributed by atoms with van der Waals surface area (Å²) in [5.41, 5.74) is -0.0120. The maximum atomic E-state index is 11.6. The van der Waals surface area contributed by atoms with Gasteiger partial charge in [-0.25, -0.2) is 18.2 Å². The normalized spacial score (nSPS) is 11.9. The number of sulfonamides is 1. The molecule has 1 N–H and O–H groups in total. The van der Waals surface area contributed by atoms with E-state index in [1.54, 1.807) is 32.9 Å². The average molecular weight is 315 g/mol. The smallest absolute Gasteiger partial charge is 0.407 e. The Hall–Kier alpha value is -1.83. The molecule has 1 aromatic rings. The number of aromatic nitrogens is 1. The lowest BCUT2D eigenvalue weighted by Crippen LogP contribution is -2.33. The highest BCUT2D eigenvalue weighted by molar-refractivity contribution is 7.92. The van der Waals surface area contributed by atoms with Gasteiger partial charge >= 0.3 is 6.09 Å². The summed E-state index contributed by atoms with van der Waals surface area (Å²) in [5.74, 6) is 0.274. The average Bonchev–Trinajstić information content (AvgIpc) is 2.32. The molecule has 0 radical (unpaired) electrons. The van der Waals surface area contributed by atoms with Crippen LogP contribution in [0.1, 0.15) is 26.3 Å². The topological polar surface area (TPSA) is 88.6 Å². The summed E-state index contributed by atoms with van der Waals surface area (Å²) in [6.45, 7) is 5.41. The maximum Gasteiger partial charge on any atom is 0.407 e. The van der Waals surface area contributed by atoms with E-state index in [1.807, 2.05) is 0 Å². The third-order valence-electron chi connectivity index (χ3n) is 2.49. The molecule has 0 saturated heterocycles. The Bertz CT molecular complexity index is 608. The number of amides is 1. The quantitative estimate of drug-likeness (QED) is 0.909. The Labute approximate surface area is 125 Å². The van der Waals surface area contributed by atoms with E-state index < -0.39 is 21.7 Å². The molecule has 0 fully saturated rings. The lowest BCUT2D eigenvalue weighted by molar-refractivity contribution is 0.0523. The second-order valence-electron chi connectivity index (χ2n) is 5.57. The predicted octanol–water partition coefficient (Wildman–Crippen LogP) is 1.50. The van der Waals surface area contributed by atoms with E-state index in [2.05, 4.69) is 10.3 Å². The molecule has 0 saturated carbocycles. The van der Waals surface area contributed by atoms with Crippen LogP contribution in [0.5, 0.6) is 0 Å². The minimum atomic E-state index is -3.42. The molecule has 0 aliphatic carbocycles. The molecule has 0 bridgehead atoms. The standard InChI is InChI=1S/C13H21N3O4S/c1-13(2,3)20-12(17)15-9-10-7-6-8-14-11(10)16(4)21(5,18)19/h6-8H,9H2,1-5H3,(H,15,17). The zero-order valence-electron chi connectivity index (χ0n) is 12.9. The maximum absolute atomic E-state index is 11.6. The molecule has 0 aliphatic heterocycles. The zero-order valence-corrected chi connectivity index (χ0v) is 13.7. The van der Waals surface area contributed by atoms with E-state index in [9.17, 15) is 13.2 Å². The highest BCUT2D eigenvalue weighted by Crippen LogP contribution is 2.18. The van der Waals surface area contributed by atoms with Crippen LogP contribution in [0.3, 0.4) is 0 Å². The molecule has 0 unspecified atom stereocenters. The van der Waals surface area contributed by atoms with Crippen molar-refractivity contribution < 1.29 is 17.9 Å². The van der Waals surface area contributed by atoms with Gasteiger partial charge in [0, 0.05) is 25.4 Å². The highest BCUT2D eigenvalue weighted by atomic mass is 32.2. The van der Waals surface area contributed by atoms with E-state index in [-0.39, 0.29) is 12.4 Å². The van der Waals surface area contributed by atoms with Gasteiger partial charge < -0.3 is 10.1 Å². The summed E-state index contributed by atoms with van der Waals surface area (Å²) < 4.78 is 29.4. The Morgan fingerprint density at radius 3 is 2.57 bits per heavy atom. The van der Waals surface area contributed by atoms with Crippen molar-refractivity contribution in [2.75, 3.05) is 17.6 Å². The van der Waals surface area contributed by atoms with Gasteiger partial charge in [-0.15, -0.1) is 0 Å². The number of alkyl carbamates (subject to hydrolysis) is 1. The van der Waals surface area contributed by atoms with Gasteiger partial charge in [0.1, 0.15) is 11.4 Å². The fourth-order valence-electron chi connectivity index (χ4n) is 1.49. The number of nitrogens with one attached hydrogen (secondary N) is 1. The molecule has 1 aromatic heterocycles. The lowest BCUT2D eigenvalue weighted by atomic mass is 10.2. The summed E-state index contributed by atoms with van der Waals surface area (Å²) in [7, 11) is -2.01. The number of rotatable bonds is 4. The van der Waals surface area contributed by atoms with Crippen molar-refractivity contribution in [3.8, 4) is 0 Å². The number of hydrogen-bond donors (Lipinski definition) is 1. The third-order valence-corrected chi connectivity index (χ3v) is 3.65. The summed E-state index contributed by atoms with van der Waals surface area (Å²) >= 11 is 0. The number of nitrogens with zero attached hydrogens (tertiary/aromatic N) is 2. The van der Waals surface area contributed by atoms with Crippen LogP contribution in [0, 0.1) is 0 Å². The minimum absolute atomic E-state index is 0.123. The van der Waals surface area contributed by atoms with Gasteiger partial charge in [-0.05, 0) is 26.8 Å². The number of anilines is 1. The molecule has 118 valence electrons. The number of hydrogen-bond acceptors (Lipinski definition) is 5. The van der Waals surface area contributed by atoms with Crippen molar-refractivity contribution in [1.29, 1.82) is 0 Å². The van der Waals surface area contributed by atoms with Crippen molar-refractivity contribution in [1.82, 2.24) is 10.3 Å². The van der Waals surface area contributed by atoms with E-state index in [1.165, 1.54) is 13.2 Å². The molecule has 0 aromatic carbocycles. The molecule has 0 atom stereocenters. The van der Waals surface area contributed by atoms with Gasteiger partial charge in [-0.1, -0.05) is 6.07 Å². The van der Waals surface area contributed by atoms with Crippen molar-refractivity contribution in [3.63, 3.8) is 0 Å². The molecule has 0 spiro atoms. The summed E-state index contributed by atoms with van der Waals surface area (Å²) in [5, 5.41) is 2.58. The lowest BCUT2D eigenvalue weighted by Gasteiger charge is -2.21. The summed E-state index contributed by atoms with van der Waals surface area (Å²) in [6.07, 6.45) is 2.01. The molecular weight excluding hydrogens is 294 g/mol. The van der Waals surface area contributed by atoms with Crippen LogP contribution in [0.2, 0.25) is 0 Å². The Kier molecular flexibility index (Phi) is 5.16. The molecule has 8 heteroatoms. The predicted molar refractivity (Wildman–Crippen MR) is 80.6 cm³/mol. The first-order chi connectivity index (χ1) is 9.50. The molecule has 0 aliphatic rings. The number of carbonyl (C=O) groups is 1. The van der Waals surface area contributed by atoms with Crippen LogP contribution < -0.4 is 9.62 Å². The van der Waals surface area contributed by atoms with Crippen molar-refractivity contribution in [2.45, 2.75) is 32.9 Å². The molecule has 1 rings (SSSR count). The largest absolute Gasteiger partial charge is 0.444 e. The van der Waals surface area contributed by atoms with E-state index in [4.69, 9.17) is 4.74 Å². The zero-order chi connectivity index (χ0) is 16.3. The Morgan fingerprint density at radius 2 is 2.05 bits per heavy atom. The first-order valence-corrected chi connectivity index (χ1v) is 8.20. The first kappa shape index (κ1) is 17.2. The van der Waals surface area contributed by atoms with Crippen LogP contribution >= 0.6 is 0 Å². The first-order valence-electron chi connectivity index (χ1n) is 6.35. The van der Waals surface area contributed by atoms with Gasteiger partial charge in [0.05, 0.1) is 6.26 Å². The third kappa shape index (κ3) is 5.58. The van der Waals surface area contributed by atoms with Crippen LogP contribution in [0.15, 0.2) is 18.3 Å². The van der Waals surface area contributed by atoms with Crippen LogP contribution in [0.4, 0.5) is 10.6 Å². The summed E-state index contributed by atoms with van der Waals surface area (Å²) in [4.78, 5) is 15.7. The molecule has 21 heavy (non-hydrogen) atoms. The van der Waals surface area contributed by atoms with Gasteiger partial charge in [-0.2, -0.15) is 0 Å². The van der Waals surface area contributed by atoms with E-state index >= 15 is 0 Å². The van der Waals surface area contributed by atoms with Crippen molar-refractivity contribution >= 4 is 21.9 Å². The summed E-state index contributed by atoms with van der Waals surface area (Å²) in [6, 6.07) is 3.37. The van der Waals surface area contributed by atoms with Crippen LogP contribution in [0.25, 0.3) is 0 Å². The second-order valence-corrected chi connectivity index (χ2v) is 7.59. The van der Waals surface area contributed by atoms with Gasteiger partial charge in [0.15, 0.2) is 0 Å². The Balaban J connectivity index is 2.84. The minimum Gasteiger partial charge on any atom is -0.444 e. The number of pyridine rings is 1. The fourth-order valence-corrected chi connectivity index (χ4v) is 1.97. The van der Waals surface area contributed by atoms with E-state index in [0.717, 1.165) is 10.6 Å². The molecule has 1 heterocycles. The molecule has 1 amide bonds. The van der Waals surface area contributed by atoms with Gasteiger partial charge in [0.25, 0.3) is 0 Å². The van der Waals surface area contributed by atoms with Gasteiger partial charge in [-0.3, -0.25) is 4.31 Å². The van der Waals surface area contributed by atoms with Crippen LogP contribution in [-0.2, 0) is 21.3 Å². The molecule has 7 nitrogen and oxygen atoms in total. The monoisotopic (exact) mass is 315 g/mol. The molecular formula is C13H21N3O4S. The van der Waals surface area contributed by atoms with Crippen molar-refractivity contribution in [3.05, 3.63) is 23.9 Å². The van der Waals surface area contributed by atoms with Crippen LogP contribution in [-0.4, -0.2) is 38.4 Å². The van der Waals surface area contributed by atoms with Crippen molar-refractivity contribution in [2.24, 2.45) is 0 Å². The fraction of sp³-hybridized carbons (Fsp3) is 0.538. The highest BCUT2D eigenvalue weighted by Gasteiger charge is 2.19.